The van der Waals surface area contributed by atoms with Crippen LogP contribution in [-0.2, 0) is 16.9 Å². The predicted octanol–water partition coefficient (Wildman–Crippen LogP) is 0.437. The lowest BCUT2D eigenvalue weighted by Crippen LogP contribution is -2.41. The van der Waals surface area contributed by atoms with E-state index >= 15 is 0 Å². The van der Waals surface area contributed by atoms with E-state index < -0.39 is 11.5 Å². The number of aliphatic hydroxyl groups excluding tert-OH is 1. The van der Waals surface area contributed by atoms with Gasteiger partial charge in [0, 0.05) is 0 Å². The number of carboxylic acid groups (broad SMARTS) is 1. The Hall–Kier alpha value is -1.39. The maximum atomic E-state index is 10.8. The van der Waals surface area contributed by atoms with Crippen LogP contribution in [0.15, 0.2) is 24.3 Å². The number of benzene rings is 1. The topological polar surface area (TPSA) is 83.6 Å². The van der Waals surface area contributed by atoms with Gasteiger partial charge in [-0.2, -0.15) is 0 Å². The highest BCUT2D eigenvalue weighted by Gasteiger charge is 2.29. The highest BCUT2D eigenvalue weighted by Crippen LogP contribution is 2.18. The Balaban J connectivity index is 3.02. The zero-order valence-corrected chi connectivity index (χ0v) is 7.90. The number of carboxylic acids is 1. The van der Waals surface area contributed by atoms with Gasteiger partial charge in [-0.3, -0.25) is 0 Å². The maximum absolute atomic E-state index is 10.8. The van der Waals surface area contributed by atoms with Crippen LogP contribution in [0.4, 0.5) is 0 Å². The van der Waals surface area contributed by atoms with E-state index in [9.17, 15) is 4.79 Å². The summed E-state index contributed by atoms with van der Waals surface area (Å²) in [6.07, 6.45) is 0. The summed E-state index contributed by atoms with van der Waals surface area (Å²) in [6.45, 7) is 1.37. The molecule has 14 heavy (non-hydrogen) atoms. The zero-order chi connectivity index (χ0) is 10.8. The normalized spacial score (nSPS) is 14.8. The van der Waals surface area contributed by atoms with Crippen LogP contribution in [0.1, 0.15) is 18.1 Å². The molecule has 1 aromatic carbocycles. The van der Waals surface area contributed by atoms with Crippen molar-refractivity contribution in [1.29, 1.82) is 0 Å². The first-order valence-corrected chi connectivity index (χ1v) is 4.21. The van der Waals surface area contributed by atoms with Gasteiger partial charge in [-0.1, -0.05) is 24.3 Å². The minimum Gasteiger partial charge on any atom is -0.480 e. The molecule has 0 saturated heterocycles. The molecule has 0 saturated carbocycles. The van der Waals surface area contributed by atoms with Gasteiger partial charge in [0.1, 0.15) is 5.54 Å². The number of rotatable bonds is 3. The van der Waals surface area contributed by atoms with Crippen molar-refractivity contribution in [3.8, 4) is 0 Å². The Kier molecular flexibility index (Phi) is 2.88. The average molecular weight is 195 g/mol. The second kappa shape index (κ2) is 3.77. The van der Waals surface area contributed by atoms with Crippen LogP contribution in [0.25, 0.3) is 0 Å². The third kappa shape index (κ3) is 1.92. The van der Waals surface area contributed by atoms with Crippen molar-refractivity contribution in [2.75, 3.05) is 0 Å². The molecule has 1 aromatic rings. The summed E-state index contributed by atoms with van der Waals surface area (Å²) in [7, 11) is 0. The zero-order valence-electron chi connectivity index (χ0n) is 7.90. The van der Waals surface area contributed by atoms with Crippen LogP contribution in [0.3, 0.4) is 0 Å². The van der Waals surface area contributed by atoms with E-state index in [0.29, 0.717) is 5.56 Å². The van der Waals surface area contributed by atoms with Crippen LogP contribution in [0.2, 0.25) is 0 Å². The standard InChI is InChI=1S/C10H13NO3/c1-10(11,9(13)14)8-4-2-7(6-12)3-5-8/h2-5,12H,6,11H2,1H3,(H,13,14). The molecule has 0 amide bonds. The van der Waals surface area contributed by atoms with Gasteiger partial charge in [-0.05, 0) is 18.1 Å². The fraction of sp³-hybridized carbons (Fsp3) is 0.300. The van der Waals surface area contributed by atoms with Crippen LogP contribution >= 0.6 is 0 Å². The van der Waals surface area contributed by atoms with Gasteiger partial charge >= 0.3 is 5.97 Å². The molecular weight excluding hydrogens is 182 g/mol. The molecule has 0 spiro atoms. The first-order chi connectivity index (χ1) is 6.48. The summed E-state index contributed by atoms with van der Waals surface area (Å²) >= 11 is 0. The van der Waals surface area contributed by atoms with E-state index in [1.165, 1.54) is 6.92 Å². The van der Waals surface area contributed by atoms with Crippen molar-refractivity contribution in [2.24, 2.45) is 5.73 Å². The Morgan fingerprint density at radius 3 is 2.29 bits per heavy atom. The van der Waals surface area contributed by atoms with Gasteiger partial charge in [0.05, 0.1) is 6.61 Å². The summed E-state index contributed by atoms with van der Waals surface area (Å²) in [5.74, 6) is -1.07. The fourth-order valence-corrected chi connectivity index (χ4v) is 1.08. The molecule has 0 aromatic heterocycles. The van der Waals surface area contributed by atoms with E-state index in [0.717, 1.165) is 5.56 Å². The Morgan fingerprint density at radius 1 is 1.43 bits per heavy atom. The molecule has 0 bridgehead atoms. The average Bonchev–Trinajstić information content (AvgIpc) is 2.17. The smallest absolute Gasteiger partial charge is 0.328 e. The van der Waals surface area contributed by atoms with Gasteiger partial charge in [0.2, 0.25) is 0 Å². The molecule has 0 heterocycles. The number of hydrogen-bond donors (Lipinski definition) is 3. The Morgan fingerprint density at radius 2 is 1.93 bits per heavy atom. The summed E-state index contributed by atoms with van der Waals surface area (Å²) in [4.78, 5) is 10.8. The summed E-state index contributed by atoms with van der Waals surface area (Å²) in [5, 5.41) is 17.6. The molecule has 4 N–H and O–H groups in total. The number of nitrogens with two attached hydrogens (primary N) is 1. The third-order valence-electron chi connectivity index (χ3n) is 2.18. The number of aliphatic carboxylic acids is 1. The minimum absolute atomic E-state index is 0.0609. The van der Waals surface area contributed by atoms with Gasteiger partial charge in [-0.15, -0.1) is 0 Å². The minimum atomic E-state index is -1.38. The molecule has 0 aliphatic carbocycles. The van der Waals surface area contributed by atoms with Crippen molar-refractivity contribution in [3.63, 3.8) is 0 Å². The number of aliphatic hydroxyl groups is 1. The number of hydrogen-bond acceptors (Lipinski definition) is 3. The molecule has 0 radical (unpaired) electrons. The molecule has 4 heteroatoms. The Bertz CT molecular complexity index is 330. The SMILES string of the molecule is CC(N)(C(=O)O)c1ccc(CO)cc1. The molecule has 0 aliphatic heterocycles. The first kappa shape index (κ1) is 10.7. The van der Waals surface area contributed by atoms with Crippen LogP contribution in [0, 0.1) is 0 Å². The van der Waals surface area contributed by atoms with Crippen molar-refractivity contribution >= 4 is 5.97 Å². The van der Waals surface area contributed by atoms with Gasteiger partial charge in [-0.25, -0.2) is 4.79 Å². The van der Waals surface area contributed by atoms with E-state index in [2.05, 4.69) is 0 Å². The highest BCUT2D eigenvalue weighted by molar-refractivity contribution is 5.79. The molecule has 0 aliphatic rings. The lowest BCUT2D eigenvalue weighted by atomic mass is 9.93. The number of carbonyl (C=O) groups is 1. The van der Waals surface area contributed by atoms with Gasteiger partial charge < -0.3 is 15.9 Å². The lowest BCUT2D eigenvalue weighted by Gasteiger charge is -2.19. The Labute approximate surface area is 82.0 Å². The van der Waals surface area contributed by atoms with E-state index in [1.807, 2.05) is 0 Å². The first-order valence-electron chi connectivity index (χ1n) is 4.21. The molecule has 4 nitrogen and oxygen atoms in total. The third-order valence-corrected chi connectivity index (χ3v) is 2.18. The molecule has 1 rings (SSSR count). The molecule has 0 fully saturated rings. The van der Waals surface area contributed by atoms with Crippen molar-refractivity contribution in [2.45, 2.75) is 19.1 Å². The molecule has 1 unspecified atom stereocenters. The summed E-state index contributed by atoms with van der Waals surface area (Å²) in [5.41, 5.74) is 5.48. The van der Waals surface area contributed by atoms with Crippen LogP contribution < -0.4 is 5.73 Å². The van der Waals surface area contributed by atoms with Crippen LogP contribution in [-0.4, -0.2) is 16.2 Å². The van der Waals surface area contributed by atoms with Crippen molar-refractivity contribution < 1.29 is 15.0 Å². The molecule has 1 atom stereocenters. The van der Waals surface area contributed by atoms with Crippen molar-refractivity contribution in [1.82, 2.24) is 0 Å². The monoisotopic (exact) mass is 195 g/mol. The lowest BCUT2D eigenvalue weighted by molar-refractivity contribution is -0.143. The van der Waals surface area contributed by atoms with Crippen molar-refractivity contribution in [3.05, 3.63) is 35.4 Å². The van der Waals surface area contributed by atoms with E-state index in [1.54, 1.807) is 24.3 Å². The molecular formula is C10H13NO3. The van der Waals surface area contributed by atoms with E-state index in [4.69, 9.17) is 15.9 Å². The molecule has 76 valence electrons. The highest BCUT2D eigenvalue weighted by atomic mass is 16.4. The summed E-state index contributed by atoms with van der Waals surface area (Å²) in [6, 6.07) is 6.53. The van der Waals surface area contributed by atoms with Gasteiger partial charge in [0.25, 0.3) is 0 Å². The maximum Gasteiger partial charge on any atom is 0.328 e. The van der Waals surface area contributed by atoms with Crippen LogP contribution in [0.5, 0.6) is 0 Å². The fourth-order valence-electron chi connectivity index (χ4n) is 1.08. The quantitative estimate of drug-likeness (QED) is 0.653. The predicted molar refractivity (Wildman–Crippen MR) is 51.5 cm³/mol. The summed E-state index contributed by atoms with van der Waals surface area (Å²) < 4.78 is 0. The second-order valence-electron chi connectivity index (χ2n) is 3.36. The second-order valence-corrected chi connectivity index (χ2v) is 3.36. The van der Waals surface area contributed by atoms with Gasteiger partial charge in [0.15, 0.2) is 0 Å². The van der Waals surface area contributed by atoms with E-state index in [-0.39, 0.29) is 6.61 Å². The largest absolute Gasteiger partial charge is 0.480 e.